The summed E-state index contributed by atoms with van der Waals surface area (Å²) in [5.41, 5.74) is 6.60. The van der Waals surface area contributed by atoms with Crippen LogP contribution in [0, 0.1) is 0 Å². The van der Waals surface area contributed by atoms with Crippen molar-refractivity contribution in [3.63, 3.8) is 0 Å². The second-order valence-corrected chi connectivity index (χ2v) is 14.3. The number of fused-ring (bicyclic) bond motifs is 5. The molecule has 1 saturated carbocycles. The second kappa shape index (κ2) is 14.1. The molecule has 8 rings (SSSR count). The molecule has 3 atom stereocenters. The van der Waals surface area contributed by atoms with E-state index in [1.54, 1.807) is 23.6 Å². The van der Waals surface area contributed by atoms with Crippen LogP contribution in [0.2, 0.25) is 0 Å². The maximum atomic E-state index is 14.0. The predicted molar refractivity (Wildman–Crippen MR) is 193 cm³/mol. The zero-order valence-corrected chi connectivity index (χ0v) is 28.3. The van der Waals surface area contributed by atoms with Gasteiger partial charge >= 0.3 is 0 Å². The Hall–Kier alpha value is -4.66. The van der Waals surface area contributed by atoms with Crippen LogP contribution < -0.4 is 10.1 Å². The largest absolute Gasteiger partial charge is 0.508 e. The molecule has 1 fully saturated rings. The normalized spacial score (nSPS) is 19.8. The van der Waals surface area contributed by atoms with E-state index in [4.69, 9.17) is 9.47 Å². The number of aromatic nitrogens is 2. The Kier molecular flexibility index (Phi) is 9.07. The number of benzene rings is 3. The summed E-state index contributed by atoms with van der Waals surface area (Å²) in [6.07, 6.45) is 14.0. The molecule has 1 aliphatic heterocycles. The van der Waals surface area contributed by atoms with Gasteiger partial charge in [-0.15, -0.1) is 11.3 Å². The maximum absolute atomic E-state index is 14.0. The number of nitrogens with one attached hydrogen (secondary N) is 1. The summed E-state index contributed by atoms with van der Waals surface area (Å²) in [4.78, 5) is 18.6. The van der Waals surface area contributed by atoms with Crippen molar-refractivity contribution in [2.24, 2.45) is 0 Å². The summed E-state index contributed by atoms with van der Waals surface area (Å²) in [5, 5.41) is 17.7. The van der Waals surface area contributed by atoms with Gasteiger partial charge in [0.2, 0.25) is 0 Å². The van der Waals surface area contributed by atoms with Gasteiger partial charge in [-0.1, -0.05) is 73.9 Å². The number of allylic oxidation sites excluding steroid dienone is 1. The van der Waals surface area contributed by atoms with Gasteiger partial charge in [0.15, 0.2) is 0 Å². The van der Waals surface area contributed by atoms with Gasteiger partial charge in [0.05, 0.1) is 18.8 Å². The van der Waals surface area contributed by atoms with Crippen molar-refractivity contribution in [1.29, 1.82) is 0 Å². The van der Waals surface area contributed by atoms with Crippen LogP contribution in [0.3, 0.4) is 0 Å². The molecule has 49 heavy (non-hydrogen) atoms. The van der Waals surface area contributed by atoms with Crippen LogP contribution in [-0.2, 0) is 24.3 Å². The molecule has 5 aromatic rings. The third kappa shape index (κ3) is 6.67. The number of carbonyl (C=O) groups excluding carboxylic acids is 1. The third-order valence-electron chi connectivity index (χ3n) is 10.2. The lowest BCUT2D eigenvalue weighted by molar-refractivity contribution is 0.0778. The number of amides is 1. The van der Waals surface area contributed by atoms with Crippen molar-refractivity contribution in [3.8, 4) is 5.75 Å². The van der Waals surface area contributed by atoms with Crippen molar-refractivity contribution in [1.82, 2.24) is 14.9 Å². The Morgan fingerprint density at radius 1 is 1.04 bits per heavy atom. The van der Waals surface area contributed by atoms with Crippen LogP contribution >= 0.6 is 11.3 Å². The van der Waals surface area contributed by atoms with Crippen molar-refractivity contribution in [2.45, 2.75) is 75.7 Å². The summed E-state index contributed by atoms with van der Waals surface area (Å²) in [6, 6.07) is 24.2. The van der Waals surface area contributed by atoms with Gasteiger partial charge in [0, 0.05) is 46.2 Å². The summed E-state index contributed by atoms with van der Waals surface area (Å²) in [7, 11) is 0. The van der Waals surface area contributed by atoms with E-state index in [-0.39, 0.29) is 29.7 Å². The number of thiazole rings is 1. The van der Waals surface area contributed by atoms with E-state index >= 15 is 0 Å². The lowest BCUT2D eigenvalue weighted by atomic mass is 9.79. The van der Waals surface area contributed by atoms with Crippen LogP contribution in [0.25, 0.3) is 10.9 Å². The van der Waals surface area contributed by atoms with Crippen LogP contribution in [-0.4, -0.2) is 33.3 Å². The Bertz CT molecular complexity index is 1970. The highest BCUT2D eigenvalue weighted by atomic mass is 32.1. The summed E-state index contributed by atoms with van der Waals surface area (Å²) in [5.74, 6) is 1.44. The molecular weight excluding hydrogens is 631 g/mol. The molecule has 3 heterocycles. The quantitative estimate of drug-likeness (QED) is 0.164. The molecule has 3 aromatic carbocycles. The minimum Gasteiger partial charge on any atom is -0.508 e. The molecule has 0 bridgehead atoms. The van der Waals surface area contributed by atoms with Gasteiger partial charge in [-0.3, -0.25) is 4.79 Å². The number of hydrogen-bond acceptors (Lipinski definition) is 6. The molecule has 0 saturated heterocycles. The zero-order chi connectivity index (χ0) is 33.2. The standard InChI is InChI=1S/C41H41N3O4S/c45-31-14-18-34-37(25-31)47-21-20-44-36-24-30(13-17-33(36)38(39(34)44)29-9-5-2-6-10-29)40(46)43-35(41-42-19-22-49-41)23-27-11-15-32(16-12-27)48-26-28-7-3-1-4-8-28/h1,3-4,7-8,11-19,22,24-25,29,34-35,37,45H,2,5-6,9-10,20-21,23,26H2,(H,43,46)/t34?,35-,37?/m0/s1. The first-order chi connectivity index (χ1) is 24.1. The second-order valence-electron chi connectivity index (χ2n) is 13.3. The summed E-state index contributed by atoms with van der Waals surface area (Å²) in [6.45, 7) is 1.76. The van der Waals surface area contributed by atoms with E-state index in [2.05, 4.69) is 57.3 Å². The van der Waals surface area contributed by atoms with Crippen LogP contribution in [0.4, 0.5) is 0 Å². The number of ether oxygens (including phenoxy) is 2. The summed E-state index contributed by atoms with van der Waals surface area (Å²) < 4.78 is 14.7. The molecule has 0 radical (unpaired) electrons. The van der Waals surface area contributed by atoms with E-state index in [1.807, 2.05) is 47.9 Å². The van der Waals surface area contributed by atoms with E-state index in [1.165, 1.54) is 48.7 Å². The van der Waals surface area contributed by atoms with Crippen LogP contribution in [0.1, 0.15) is 87.7 Å². The Morgan fingerprint density at radius 3 is 2.67 bits per heavy atom. The van der Waals surface area contributed by atoms with Crippen LogP contribution in [0.15, 0.2) is 108 Å². The molecule has 2 unspecified atom stereocenters. The Balaban J connectivity index is 1.07. The SMILES string of the molecule is O=C(N[C@@H](Cc1ccc(OCc2ccccc2)cc1)c1nccs1)c1ccc2c(C3CCCCC3)c3n(c2c1)CCOC1C=C(O)C=CC31. The predicted octanol–water partition coefficient (Wildman–Crippen LogP) is 8.93. The van der Waals surface area contributed by atoms with E-state index in [0.29, 0.717) is 37.7 Å². The number of aliphatic hydroxyl groups excluding tert-OH is 1. The molecule has 2 aromatic heterocycles. The average molecular weight is 672 g/mol. The number of hydrogen-bond donors (Lipinski definition) is 2. The van der Waals surface area contributed by atoms with Gasteiger partial charge in [-0.05, 0) is 78.3 Å². The Labute approximate surface area is 290 Å². The van der Waals surface area contributed by atoms with Crippen molar-refractivity contribution in [3.05, 3.63) is 141 Å². The smallest absolute Gasteiger partial charge is 0.251 e. The molecule has 2 aliphatic carbocycles. The summed E-state index contributed by atoms with van der Waals surface area (Å²) >= 11 is 1.55. The first kappa shape index (κ1) is 31.6. The first-order valence-corrected chi connectivity index (χ1v) is 18.3. The van der Waals surface area contributed by atoms with Crippen molar-refractivity contribution in [2.75, 3.05) is 6.61 Å². The van der Waals surface area contributed by atoms with Gasteiger partial charge in [0.25, 0.3) is 5.91 Å². The number of nitrogens with zero attached hydrogens (tertiary/aromatic N) is 2. The third-order valence-corrected chi connectivity index (χ3v) is 11.1. The monoisotopic (exact) mass is 671 g/mol. The molecule has 8 heteroatoms. The van der Waals surface area contributed by atoms with E-state index in [9.17, 15) is 9.90 Å². The molecule has 2 N–H and O–H groups in total. The van der Waals surface area contributed by atoms with Gasteiger partial charge in [-0.25, -0.2) is 4.98 Å². The van der Waals surface area contributed by atoms with Crippen molar-refractivity contribution < 1.29 is 19.4 Å². The fraction of sp³-hybridized carbons (Fsp3) is 0.317. The number of aliphatic hydroxyl groups is 1. The average Bonchev–Trinajstić information content (AvgIpc) is 3.74. The Morgan fingerprint density at radius 2 is 1.88 bits per heavy atom. The molecule has 3 aliphatic rings. The minimum absolute atomic E-state index is 0.0180. The molecular formula is C41H41N3O4S. The fourth-order valence-corrected chi connectivity index (χ4v) is 8.51. The lowest BCUT2D eigenvalue weighted by Gasteiger charge is -2.28. The van der Waals surface area contributed by atoms with Crippen LogP contribution in [0.5, 0.6) is 5.75 Å². The maximum Gasteiger partial charge on any atom is 0.251 e. The highest BCUT2D eigenvalue weighted by Gasteiger charge is 2.35. The van der Waals surface area contributed by atoms with E-state index < -0.39 is 0 Å². The molecule has 0 spiro atoms. The fourth-order valence-electron chi connectivity index (χ4n) is 7.82. The first-order valence-electron chi connectivity index (χ1n) is 17.4. The van der Waals surface area contributed by atoms with Gasteiger partial charge in [-0.2, -0.15) is 0 Å². The lowest BCUT2D eigenvalue weighted by Crippen LogP contribution is -2.30. The number of carbonyl (C=O) groups is 1. The molecule has 1 amide bonds. The highest BCUT2D eigenvalue weighted by molar-refractivity contribution is 7.09. The van der Waals surface area contributed by atoms with Gasteiger partial charge in [0.1, 0.15) is 23.1 Å². The number of rotatable bonds is 9. The molecule has 7 nitrogen and oxygen atoms in total. The molecule has 250 valence electrons. The van der Waals surface area contributed by atoms with E-state index in [0.717, 1.165) is 27.4 Å². The van der Waals surface area contributed by atoms with Gasteiger partial charge < -0.3 is 24.5 Å². The zero-order valence-electron chi connectivity index (χ0n) is 27.5. The minimum atomic E-state index is -0.275. The van der Waals surface area contributed by atoms with Crippen molar-refractivity contribution >= 4 is 28.1 Å². The highest BCUT2D eigenvalue weighted by Crippen LogP contribution is 2.46. The topological polar surface area (TPSA) is 85.6 Å².